The fourth-order valence-corrected chi connectivity index (χ4v) is 3.85. The summed E-state index contributed by atoms with van der Waals surface area (Å²) in [5.41, 5.74) is 3.91. The zero-order valence-electron chi connectivity index (χ0n) is 19.0. The number of hydrogen-bond acceptors (Lipinski definition) is 6. The summed E-state index contributed by atoms with van der Waals surface area (Å²) in [7, 11) is 4.10. The van der Waals surface area contributed by atoms with Crippen molar-refractivity contribution in [1.29, 1.82) is 0 Å². The van der Waals surface area contributed by atoms with Gasteiger partial charge in [-0.3, -0.25) is 10.1 Å². The molecule has 0 saturated heterocycles. The van der Waals surface area contributed by atoms with Crippen molar-refractivity contribution >= 4 is 22.4 Å². The van der Waals surface area contributed by atoms with E-state index in [0.717, 1.165) is 35.4 Å². The first kappa shape index (κ1) is 22.7. The number of carbonyl (C=O) groups is 1. The molecular weight excluding hydrogens is 434 g/mol. The van der Waals surface area contributed by atoms with Crippen LogP contribution < -0.4 is 10.1 Å². The summed E-state index contributed by atoms with van der Waals surface area (Å²) in [6.07, 6.45) is 2.62. The van der Waals surface area contributed by atoms with Gasteiger partial charge in [0.25, 0.3) is 5.91 Å². The van der Waals surface area contributed by atoms with Gasteiger partial charge in [0.15, 0.2) is 10.8 Å². The molecule has 0 aliphatic carbocycles. The quantitative estimate of drug-likeness (QED) is 0.339. The number of imidazole rings is 1. The van der Waals surface area contributed by atoms with Crippen molar-refractivity contribution < 1.29 is 9.53 Å². The fraction of sp³-hybridized carbons (Fsp3) is 0.240. The van der Waals surface area contributed by atoms with Crippen LogP contribution in [-0.2, 0) is 0 Å². The maximum absolute atomic E-state index is 13.0. The highest BCUT2D eigenvalue weighted by atomic mass is 32.1. The van der Waals surface area contributed by atoms with E-state index in [-0.39, 0.29) is 5.91 Å². The van der Waals surface area contributed by atoms with E-state index in [1.165, 1.54) is 11.3 Å². The van der Waals surface area contributed by atoms with Gasteiger partial charge in [0.2, 0.25) is 0 Å². The van der Waals surface area contributed by atoms with Gasteiger partial charge in [-0.05, 0) is 51.7 Å². The average Bonchev–Trinajstić information content (AvgIpc) is 3.48. The second kappa shape index (κ2) is 10.4. The van der Waals surface area contributed by atoms with Crippen LogP contribution in [0.2, 0.25) is 0 Å². The molecule has 2 heterocycles. The topological polar surface area (TPSA) is 83.1 Å². The standard InChI is InChI=1S/C25H27N5O2S/c1-17-5-7-18(8-6-17)21-22(24(31)29-25-26-13-16-33-25)28-23(27-21)19-9-11-20(12-10-19)32-15-4-14-30(2)3/h5-13,16H,4,14-15H2,1-3H3,(H,27,28)(H,26,29,31). The lowest BCUT2D eigenvalue weighted by molar-refractivity contribution is 0.102. The molecule has 1 amide bonds. The highest BCUT2D eigenvalue weighted by Crippen LogP contribution is 2.28. The molecule has 170 valence electrons. The molecule has 2 aromatic heterocycles. The molecule has 7 nitrogen and oxygen atoms in total. The van der Waals surface area contributed by atoms with Gasteiger partial charge in [0.05, 0.1) is 12.3 Å². The van der Waals surface area contributed by atoms with Crippen LogP contribution in [0.3, 0.4) is 0 Å². The number of aromatic nitrogens is 3. The number of thiazole rings is 1. The number of rotatable bonds is 9. The first-order chi connectivity index (χ1) is 16.0. The molecule has 0 atom stereocenters. The third-order valence-electron chi connectivity index (χ3n) is 5.06. The van der Waals surface area contributed by atoms with Crippen LogP contribution in [0.5, 0.6) is 5.75 Å². The Bertz CT molecular complexity index is 1180. The van der Waals surface area contributed by atoms with Gasteiger partial charge >= 0.3 is 0 Å². The van der Waals surface area contributed by atoms with Crippen molar-refractivity contribution in [2.75, 3.05) is 32.6 Å². The lowest BCUT2D eigenvalue weighted by Gasteiger charge is -2.10. The number of ether oxygens (including phenoxy) is 1. The number of nitrogens with zero attached hydrogens (tertiary/aromatic N) is 3. The molecule has 2 N–H and O–H groups in total. The number of H-pyrrole nitrogens is 1. The maximum atomic E-state index is 13.0. The molecule has 8 heteroatoms. The Balaban J connectivity index is 1.58. The third-order valence-corrected chi connectivity index (χ3v) is 5.75. The smallest absolute Gasteiger partial charge is 0.278 e. The van der Waals surface area contributed by atoms with Crippen LogP contribution >= 0.6 is 11.3 Å². The molecule has 0 bridgehead atoms. The van der Waals surface area contributed by atoms with Crippen molar-refractivity contribution in [2.24, 2.45) is 0 Å². The van der Waals surface area contributed by atoms with Crippen molar-refractivity contribution in [1.82, 2.24) is 19.9 Å². The second-order valence-corrected chi connectivity index (χ2v) is 8.89. The molecule has 0 spiro atoms. The minimum absolute atomic E-state index is 0.302. The highest BCUT2D eigenvalue weighted by molar-refractivity contribution is 7.13. The van der Waals surface area contributed by atoms with Gasteiger partial charge in [-0.25, -0.2) is 9.97 Å². The first-order valence-electron chi connectivity index (χ1n) is 10.8. The van der Waals surface area contributed by atoms with Crippen LogP contribution in [0.25, 0.3) is 22.6 Å². The van der Waals surface area contributed by atoms with Gasteiger partial charge in [-0.1, -0.05) is 29.8 Å². The lowest BCUT2D eigenvalue weighted by Crippen LogP contribution is -2.15. The number of nitrogens with one attached hydrogen (secondary N) is 2. The summed E-state index contributed by atoms with van der Waals surface area (Å²) in [6.45, 7) is 3.68. The van der Waals surface area contributed by atoms with Crippen LogP contribution in [0.15, 0.2) is 60.1 Å². The predicted octanol–water partition coefficient (Wildman–Crippen LogP) is 5.09. The largest absolute Gasteiger partial charge is 0.494 e. The predicted molar refractivity (Wildman–Crippen MR) is 133 cm³/mol. The molecule has 0 aliphatic rings. The van der Waals surface area contributed by atoms with Crippen molar-refractivity contribution in [2.45, 2.75) is 13.3 Å². The van der Waals surface area contributed by atoms with Crippen molar-refractivity contribution in [3.8, 4) is 28.4 Å². The van der Waals surface area contributed by atoms with Gasteiger partial charge < -0.3 is 14.6 Å². The van der Waals surface area contributed by atoms with Crippen molar-refractivity contribution in [3.05, 3.63) is 71.4 Å². The zero-order chi connectivity index (χ0) is 23.2. The Labute approximate surface area is 197 Å². The lowest BCUT2D eigenvalue weighted by atomic mass is 10.1. The SMILES string of the molecule is Cc1ccc(-c2[nH]c(-c3ccc(OCCCN(C)C)cc3)nc2C(=O)Nc2nccs2)cc1. The normalized spacial score (nSPS) is 11.0. The zero-order valence-corrected chi connectivity index (χ0v) is 19.8. The van der Waals surface area contributed by atoms with E-state index < -0.39 is 0 Å². The van der Waals surface area contributed by atoms with Crippen LogP contribution in [-0.4, -0.2) is 53.0 Å². The molecule has 0 aliphatic heterocycles. The van der Waals surface area contributed by atoms with Crippen molar-refractivity contribution in [3.63, 3.8) is 0 Å². The monoisotopic (exact) mass is 461 g/mol. The number of benzene rings is 2. The van der Waals surface area contributed by atoms with E-state index in [0.29, 0.717) is 29.0 Å². The van der Waals surface area contributed by atoms with E-state index in [2.05, 4.69) is 39.3 Å². The summed E-state index contributed by atoms with van der Waals surface area (Å²) in [6, 6.07) is 15.7. The van der Waals surface area contributed by atoms with E-state index in [9.17, 15) is 4.79 Å². The van der Waals surface area contributed by atoms with Gasteiger partial charge in [0.1, 0.15) is 11.6 Å². The summed E-state index contributed by atoms with van der Waals surface area (Å²) in [5.74, 6) is 1.13. The molecule has 4 rings (SSSR count). The number of amides is 1. The number of hydrogen-bond donors (Lipinski definition) is 2. The van der Waals surface area contributed by atoms with Gasteiger partial charge in [0, 0.05) is 29.2 Å². The summed E-state index contributed by atoms with van der Waals surface area (Å²) >= 11 is 1.37. The minimum Gasteiger partial charge on any atom is -0.494 e. The molecular formula is C25H27N5O2S. The summed E-state index contributed by atoms with van der Waals surface area (Å²) in [5, 5.41) is 5.19. The summed E-state index contributed by atoms with van der Waals surface area (Å²) < 4.78 is 5.83. The maximum Gasteiger partial charge on any atom is 0.278 e. The Hall–Kier alpha value is -3.49. The van der Waals surface area contributed by atoms with E-state index in [4.69, 9.17) is 4.74 Å². The highest BCUT2D eigenvalue weighted by Gasteiger charge is 2.20. The number of carbonyl (C=O) groups excluding carboxylic acids is 1. The molecule has 2 aromatic carbocycles. The number of aryl methyl sites for hydroxylation is 1. The number of aromatic amines is 1. The second-order valence-electron chi connectivity index (χ2n) is 8.00. The Morgan fingerprint density at radius 3 is 2.48 bits per heavy atom. The Kier molecular flexibility index (Phi) is 7.16. The Morgan fingerprint density at radius 2 is 1.82 bits per heavy atom. The van der Waals surface area contributed by atoms with Crippen LogP contribution in [0.4, 0.5) is 5.13 Å². The molecule has 4 aromatic rings. The minimum atomic E-state index is -0.302. The van der Waals surface area contributed by atoms with Gasteiger partial charge in [-0.2, -0.15) is 0 Å². The van der Waals surface area contributed by atoms with Crippen LogP contribution in [0, 0.1) is 6.92 Å². The number of anilines is 1. The third kappa shape index (κ3) is 5.85. The average molecular weight is 462 g/mol. The van der Waals surface area contributed by atoms with E-state index >= 15 is 0 Å². The van der Waals surface area contributed by atoms with E-state index in [1.54, 1.807) is 6.20 Å². The van der Waals surface area contributed by atoms with Gasteiger partial charge in [-0.15, -0.1) is 11.3 Å². The van der Waals surface area contributed by atoms with E-state index in [1.807, 2.05) is 60.8 Å². The first-order valence-corrected chi connectivity index (χ1v) is 11.6. The molecule has 0 unspecified atom stereocenters. The fourth-order valence-electron chi connectivity index (χ4n) is 3.32. The summed E-state index contributed by atoms with van der Waals surface area (Å²) in [4.78, 5) is 27.3. The molecule has 0 saturated carbocycles. The molecule has 0 radical (unpaired) electrons. The molecule has 0 fully saturated rings. The molecule has 33 heavy (non-hydrogen) atoms. The Morgan fingerprint density at radius 1 is 1.09 bits per heavy atom. The van der Waals surface area contributed by atoms with Crippen LogP contribution in [0.1, 0.15) is 22.5 Å².